The average molecular weight is 479 g/mol. The summed E-state index contributed by atoms with van der Waals surface area (Å²) in [7, 11) is -2.22. The van der Waals surface area contributed by atoms with Crippen molar-refractivity contribution in [1.29, 1.82) is 0 Å². The van der Waals surface area contributed by atoms with Crippen molar-refractivity contribution in [3.8, 4) is 0 Å². The van der Waals surface area contributed by atoms with Crippen molar-refractivity contribution in [2.24, 2.45) is 13.0 Å². The molecule has 1 fully saturated rings. The van der Waals surface area contributed by atoms with Gasteiger partial charge in [0.15, 0.2) is 0 Å². The van der Waals surface area contributed by atoms with Gasteiger partial charge in [0.1, 0.15) is 4.90 Å². The molecule has 0 radical (unpaired) electrons. The molecule has 31 heavy (non-hydrogen) atoms. The molecule has 1 atom stereocenters. The van der Waals surface area contributed by atoms with Crippen molar-refractivity contribution >= 4 is 33.2 Å². The largest absolute Gasteiger partial charge is 0.417 e. The molecule has 0 spiro atoms. The molecule has 1 aliphatic rings. The second-order valence-corrected chi connectivity index (χ2v) is 9.79. The second kappa shape index (κ2) is 8.44. The zero-order valence-corrected chi connectivity index (χ0v) is 18.7. The Morgan fingerprint density at radius 3 is 2.55 bits per heavy atom. The summed E-state index contributed by atoms with van der Waals surface area (Å²) in [6.07, 6.45) is -3.79. The third-order valence-corrected chi connectivity index (χ3v) is 7.78. The fraction of sp³-hybridized carbons (Fsp3) is 0.474. The predicted octanol–water partition coefficient (Wildman–Crippen LogP) is 3.75. The topological polar surface area (TPSA) is 84.3 Å². The molecule has 1 aromatic heterocycles. The standard InChI is InChI=1S/C19H22ClF3N4O3S/c1-11-17(12(2)26(3)25-11)31(29,30)27-8-4-5-13(10-27)18(28)24-14-6-7-16(20)15(9-14)19(21,22)23/h6-7,9,13H,4-5,8,10H2,1-3H3,(H,24,28)/t13-/m1/s1. The molecule has 0 unspecified atom stereocenters. The molecule has 1 aromatic carbocycles. The molecular formula is C19H22ClF3N4O3S. The monoisotopic (exact) mass is 478 g/mol. The van der Waals surface area contributed by atoms with Crippen molar-refractivity contribution in [2.75, 3.05) is 18.4 Å². The van der Waals surface area contributed by atoms with Crippen LogP contribution < -0.4 is 5.32 Å². The molecule has 0 saturated carbocycles. The molecule has 0 aliphatic carbocycles. The van der Waals surface area contributed by atoms with Gasteiger partial charge in [0.2, 0.25) is 15.9 Å². The van der Waals surface area contributed by atoms with Crippen molar-refractivity contribution in [2.45, 2.75) is 37.8 Å². The van der Waals surface area contributed by atoms with Crippen LogP contribution in [0.2, 0.25) is 5.02 Å². The summed E-state index contributed by atoms with van der Waals surface area (Å²) in [4.78, 5) is 12.8. The first kappa shape index (κ1) is 23.6. The van der Waals surface area contributed by atoms with E-state index in [0.717, 1.165) is 12.1 Å². The zero-order chi connectivity index (χ0) is 23.1. The van der Waals surface area contributed by atoms with Gasteiger partial charge in [0, 0.05) is 25.8 Å². The van der Waals surface area contributed by atoms with E-state index < -0.39 is 38.6 Å². The smallest absolute Gasteiger partial charge is 0.326 e. The number of hydrogen-bond donors (Lipinski definition) is 1. The van der Waals surface area contributed by atoms with Crippen LogP contribution in [0.25, 0.3) is 0 Å². The van der Waals surface area contributed by atoms with Crippen LogP contribution in [0, 0.1) is 19.8 Å². The van der Waals surface area contributed by atoms with Crippen molar-refractivity contribution in [3.05, 3.63) is 40.2 Å². The zero-order valence-electron chi connectivity index (χ0n) is 17.1. The first-order chi connectivity index (χ1) is 14.3. The summed E-state index contributed by atoms with van der Waals surface area (Å²) in [6, 6.07) is 3.10. The average Bonchev–Trinajstić information content (AvgIpc) is 2.94. The molecule has 1 amide bonds. The summed E-state index contributed by atoms with van der Waals surface area (Å²) in [5, 5.41) is 6.13. The Balaban J connectivity index is 1.79. The van der Waals surface area contributed by atoms with E-state index in [1.807, 2.05) is 0 Å². The lowest BCUT2D eigenvalue weighted by atomic mass is 9.98. The number of rotatable bonds is 4. The van der Waals surface area contributed by atoms with Crippen LogP contribution in [0.15, 0.2) is 23.1 Å². The normalized spacial score (nSPS) is 18.2. The van der Waals surface area contributed by atoms with E-state index in [2.05, 4.69) is 10.4 Å². The van der Waals surface area contributed by atoms with Crippen LogP contribution in [0.3, 0.4) is 0 Å². The minimum absolute atomic E-state index is 0.0550. The van der Waals surface area contributed by atoms with Gasteiger partial charge >= 0.3 is 6.18 Å². The number of aromatic nitrogens is 2. The maximum absolute atomic E-state index is 13.2. The molecule has 3 rings (SSSR count). The fourth-order valence-electron chi connectivity index (χ4n) is 3.70. The second-order valence-electron chi connectivity index (χ2n) is 7.51. The highest BCUT2D eigenvalue weighted by Gasteiger charge is 2.37. The number of piperidine rings is 1. The van der Waals surface area contributed by atoms with E-state index in [1.165, 1.54) is 15.1 Å². The molecule has 2 aromatic rings. The number of carbonyl (C=O) groups excluding carboxylic acids is 1. The molecule has 7 nitrogen and oxygen atoms in total. The third-order valence-electron chi connectivity index (χ3n) is 5.33. The number of aryl methyl sites for hydroxylation is 2. The van der Waals surface area contributed by atoms with Crippen LogP contribution >= 0.6 is 11.6 Å². The van der Waals surface area contributed by atoms with Gasteiger partial charge in [0.25, 0.3) is 0 Å². The molecule has 1 N–H and O–H groups in total. The van der Waals surface area contributed by atoms with E-state index in [-0.39, 0.29) is 23.7 Å². The van der Waals surface area contributed by atoms with Crippen molar-refractivity contribution in [3.63, 3.8) is 0 Å². The van der Waals surface area contributed by atoms with Crippen molar-refractivity contribution < 1.29 is 26.4 Å². The molecule has 2 heterocycles. The van der Waals surface area contributed by atoms with E-state index >= 15 is 0 Å². The maximum Gasteiger partial charge on any atom is 0.417 e. The number of halogens is 4. The number of anilines is 1. The predicted molar refractivity (Wildman–Crippen MR) is 109 cm³/mol. The fourth-order valence-corrected chi connectivity index (χ4v) is 5.84. The maximum atomic E-state index is 13.2. The van der Waals surface area contributed by atoms with Gasteiger partial charge in [-0.15, -0.1) is 0 Å². The molecule has 0 bridgehead atoms. The number of carbonyl (C=O) groups is 1. The lowest BCUT2D eigenvalue weighted by Gasteiger charge is -2.31. The Morgan fingerprint density at radius 2 is 1.97 bits per heavy atom. The lowest BCUT2D eigenvalue weighted by molar-refractivity contribution is -0.137. The summed E-state index contributed by atoms with van der Waals surface area (Å²) in [5.41, 5.74) is -0.250. The number of alkyl halides is 3. The lowest BCUT2D eigenvalue weighted by Crippen LogP contribution is -2.44. The van der Waals surface area contributed by atoms with Crippen molar-refractivity contribution in [1.82, 2.24) is 14.1 Å². The number of sulfonamides is 1. The van der Waals surface area contributed by atoms with E-state index in [1.54, 1.807) is 20.9 Å². The first-order valence-electron chi connectivity index (χ1n) is 9.50. The Labute approximate surface area is 183 Å². The highest BCUT2D eigenvalue weighted by atomic mass is 35.5. The van der Waals surface area contributed by atoms with Crippen LogP contribution in [-0.4, -0.2) is 41.5 Å². The van der Waals surface area contributed by atoms with Gasteiger partial charge in [-0.2, -0.15) is 22.6 Å². The molecule has 12 heteroatoms. The van der Waals surface area contributed by atoms with Gasteiger partial charge in [0.05, 0.1) is 27.9 Å². The summed E-state index contributed by atoms with van der Waals surface area (Å²) >= 11 is 5.61. The highest BCUT2D eigenvalue weighted by molar-refractivity contribution is 7.89. The highest BCUT2D eigenvalue weighted by Crippen LogP contribution is 2.36. The quantitative estimate of drug-likeness (QED) is 0.725. The van der Waals surface area contributed by atoms with Gasteiger partial charge in [-0.3, -0.25) is 9.48 Å². The minimum Gasteiger partial charge on any atom is -0.326 e. The summed E-state index contributed by atoms with van der Waals surface area (Å²) in [5.74, 6) is -1.25. The summed E-state index contributed by atoms with van der Waals surface area (Å²) in [6.45, 7) is 3.44. The molecular weight excluding hydrogens is 457 g/mol. The van der Waals surface area contributed by atoms with Crippen LogP contribution in [0.5, 0.6) is 0 Å². The van der Waals surface area contributed by atoms with Crippen LogP contribution in [0.1, 0.15) is 29.8 Å². The Kier molecular flexibility index (Phi) is 6.41. The van der Waals surface area contributed by atoms with E-state index in [0.29, 0.717) is 24.2 Å². The number of nitrogens with zero attached hydrogens (tertiary/aromatic N) is 3. The first-order valence-corrected chi connectivity index (χ1v) is 11.3. The molecule has 1 aliphatic heterocycles. The number of hydrogen-bond acceptors (Lipinski definition) is 4. The van der Waals surface area contributed by atoms with E-state index in [9.17, 15) is 26.4 Å². The molecule has 170 valence electrons. The number of amides is 1. The van der Waals surface area contributed by atoms with Gasteiger partial charge in [-0.05, 0) is 44.9 Å². The molecule has 1 saturated heterocycles. The third kappa shape index (κ3) is 4.73. The summed E-state index contributed by atoms with van der Waals surface area (Å²) < 4.78 is 68.2. The SMILES string of the molecule is Cc1nn(C)c(C)c1S(=O)(=O)N1CCC[C@@H](C(=O)Nc2ccc(Cl)c(C(F)(F)F)c2)C1. The Bertz CT molecular complexity index is 1120. The number of benzene rings is 1. The van der Waals surface area contributed by atoms with Gasteiger partial charge in [-0.1, -0.05) is 11.6 Å². The van der Waals surface area contributed by atoms with Gasteiger partial charge < -0.3 is 5.32 Å². The van der Waals surface area contributed by atoms with Gasteiger partial charge in [-0.25, -0.2) is 8.42 Å². The number of nitrogens with one attached hydrogen (secondary N) is 1. The Hall–Kier alpha value is -2.11. The Morgan fingerprint density at radius 1 is 1.29 bits per heavy atom. The van der Waals surface area contributed by atoms with E-state index in [4.69, 9.17) is 11.6 Å². The van der Waals surface area contributed by atoms with Crippen LogP contribution in [-0.2, 0) is 28.0 Å². The van der Waals surface area contributed by atoms with Crippen LogP contribution in [0.4, 0.5) is 18.9 Å². The minimum atomic E-state index is -4.66.